The van der Waals surface area contributed by atoms with Crippen molar-refractivity contribution in [2.75, 3.05) is 40.5 Å². The number of rotatable bonds is 12. The van der Waals surface area contributed by atoms with E-state index in [9.17, 15) is 18.0 Å². The summed E-state index contributed by atoms with van der Waals surface area (Å²) in [6, 6.07) is 35.5. The molecule has 0 radical (unpaired) electrons. The van der Waals surface area contributed by atoms with E-state index in [2.05, 4.69) is 41.2 Å². The average Bonchev–Trinajstić information content (AvgIpc) is 3.57. The summed E-state index contributed by atoms with van der Waals surface area (Å²) in [6.07, 6.45) is 1.12. The van der Waals surface area contributed by atoms with E-state index in [-0.39, 0.29) is 55.1 Å². The second kappa shape index (κ2) is 16.2. The molecule has 2 aliphatic heterocycles. The number of ether oxygens (including phenoxy) is 4. The predicted octanol–water partition coefficient (Wildman–Crippen LogP) is 7.63. The molecule has 8 rings (SSSR count). The third-order valence-electron chi connectivity index (χ3n) is 11.7. The monoisotopic (exact) mass is 801 g/mol. The van der Waals surface area contributed by atoms with Gasteiger partial charge in [-0.25, -0.2) is 17.9 Å². The van der Waals surface area contributed by atoms with Gasteiger partial charge in [0.1, 0.15) is 18.1 Å². The van der Waals surface area contributed by atoms with Gasteiger partial charge in [-0.15, -0.1) is 0 Å². The summed E-state index contributed by atoms with van der Waals surface area (Å²) in [5.41, 5.74) is 5.75. The number of likely N-dealkylation sites (tertiary alicyclic amines) is 1. The van der Waals surface area contributed by atoms with E-state index in [4.69, 9.17) is 18.9 Å². The zero-order valence-corrected chi connectivity index (χ0v) is 33.6. The second-order valence-corrected chi connectivity index (χ2v) is 16.8. The van der Waals surface area contributed by atoms with Crippen molar-refractivity contribution in [1.82, 2.24) is 14.9 Å². The van der Waals surface area contributed by atoms with Gasteiger partial charge in [0.2, 0.25) is 15.9 Å². The van der Waals surface area contributed by atoms with Crippen LogP contribution in [-0.2, 0) is 25.0 Å². The Balaban J connectivity index is 1.06. The van der Waals surface area contributed by atoms with Crippen LogP contribution in [-0.4, -0.2) is 71.8 Å². The van der Waals surface area contributed by atoms with Gasteiger partial charge < -0.3 is 29.2 Å². The van der Waals surface area contributed by atoms with Crippen molar-refractivity contribution >= 4 is 22.0 Å². The van der Waals surface area contributed by atoms with Crippen LogP contribution in [0.5, 0.6) is 23.0 Å². The number of benzene rings is 5. The van der Waals surface area contributed by atoms with Crippen molar-refractivity contribution in [2.24, 2.45) is 5.92 Å². The number of nitrogens with one attached hydrogen (secondary N) is 2. The first-order valence-corrected chi connectivity index (χ1v) is 21.1. The van der Waals surface area contributed by atoms with Gasteiger partial charge in [0, 0.05) is 54.2 Å². The van der Waals surface area contributed by atoms with Crippen molar-refractivity contribution in [1.29, 1.82) is 0 Å². The fourth-order valence-corrected chi connectivity index (χ4v) is 10.3. The van der Waals surface area contributed by atoms with Gasteiger partial charge >= 0.3 is 6.09 Å². The van der Waals surface area contributed by atoms with E-state index in [1.165, 1.54) is 37.3 Å². The topological polar surface area (TPSA) is 133 Å². The molecule has 0 bridgehead atoms. The number of hydrogen-bond acceptors (Lipinski definition) is 8. The number of hydrogen-bond donors (Lipinski definition) is 2. The number of piperidine rings is 1. The summed E-state index contributed by atoms with van der Waals surface area (Å²) in [5.74, 6) is 0.913. The zero-order valence-electron chi connectivity index (χ0n) is 32.8. The van der Waals surface area contributed by atoms with Crippen LogP contribution in [0, 0.1) is 5.92 Å². The van der Waals surface area contributed by atoms with Crippen LogP contribution < -0.4 is 24.2 Å². The van der Waals surface area contributed by atoms with Gasteiger partial charge in [-0.2, -0.15) is 0 Å². The maximum Gasteiger partial charge on any atom is 0.409 e. The molecule has 11 nitrogen and oxygen atoms in total. The lowest BCUT2D eigenvalue weighted by atomic mass is 9.69. The molecule has 1 fully saturated rings. The first-order valence-electron chi connectivity index (χ1n) is 19.6. The number of para-hydroxylation sites is 2. The van der Waals surface area contributed by atoms with Crippen LogP contribution in [0.25, 0.3) is 11.1 Å². The number of methoxy groups -OCH3 is 2. The summed E-state index contributed by atoms with van der Waals surface area (Å²) in [4.78, 5) is 29.9. The molecular weight excluding hydrogens is 755 g/mol. The molecule has 0 unspecified atom stereocenters. The molecule has 1 aliphatic carbocycles. The van der Waals surface area contributed by atoms with Crippen LogP contribution in [0.15, 0.2) is 120 Å². The summed E-state index contributed by atoms with van der Waals surface area (Å²) in [6.45, 7) is 2.54. The fourth-order valence-electron chi connectivity index (χ4n) is 9.00. The van der Waals surface area contributed by atoms with Gasteiger partial charge in [0.15, 0.2) is 11.5 Å². The van der Waals surface area contributed by atoms with Gasteiger partial charge in [0.05, 0.1) is 25.0 Å². The van der Waals surface area contributed by atoms with Crippen LogP contribution in [0.3, 0.4) is 0 Å². The SMILES string of the molecule is CCCC1(CNC(=O)[C@H]2C[C@@H](NS(=O)(=O)c3ccc(OC)c(OC)c3)CN(C(=O)OCC3c4ccccc4-c4ccccc43)C2)c2ccccc2Oc2ccccc21. The third-order valence-corrected chi connectivity index (χ3v) is 13.2. The molecular formula is C46H47N3O8S. The van der Waals surface area contributed by atoms with Crippen molar-refractivity contribution in [3.63, 3.8) is 0 Å². The lowest BCUT2D eigenvalue weighted by Crippen LogP contribution is -2.56. The highest BCUT2D eigenvalue weighted by Crippen LogP contribution is 2.50. The van der Waals surface area contributed by atoms with Crippen LogP contribution in [0.2, 0.25) is 0 Å². The lowest BCUT2D eigenvalue weighted by molar-refractivity contribution is -0.127. The molecule has 0 aromatic heterocycles. The third kappa shape index (κ3) is 7.26. The smallest absolute Gasteiger partial charge is 0.409 e. The highest BCUT2D eigenvalue weighted by molar-refractivity contribution is 7.89. The Bertz CT molecular complexity index is 2360. The van der Waals surface area contributed by atoms with Crippen molar-refractivity contribution in [2.45, 2.75) is 48.5 Å². The summed E-state index contributed by atoms with van der Waals surface area (Å²) >= 11 is 0. The number of carbonyl (C=O) groups excluding carboxylic acids is 2. The van der Waals surface area contributed by atoms with Crippen molar-refractivity contribution < 1.29 is 37.0 Å². The van der Waals surface area contributed by atoms with E-state index in [1.807, 2.05) is 72.8 Å². The molecule has 12 heteroatoms. The Kier molecular flexibility index (Phi) is 10.9. The lowest BCUT2D eigenvalue weighted by Gasteiger charge is -2.41. The second-order valence-electron chi connectivity index (χ2n) is 15.1. The molecule has 58 heavy (non-hydrogen) atoms. The van der Waals surface area contributed by atoms with Crippen molar-refractivity contribution in [3.05, 3.63) is 138 Å². The van der Waals surface area contributed by atoms with Gasteiger partial charge in [-0.3, -0.25) is 4.79 Å². The number of fused-ring (bicyclic) bond motifs is 5. The predicted molar refractivity (Wildman–Crippen MR) is 220 cm³/mol. The van der Waals surface area contributed by atoms with E-state index in [1.54, 1.807) is 0 Å². The molecule has 2 N–H and O–H groups in total. The van der Waals surface area contributed by atoms with E-state index < -0.39 is 33.5 Å². The molecule has 1 saturated heterocycles. The molecule has 5 aromatic rings. The zero-order chi connectivity index (χ0) is 40.4. The molecule has 2 atom stereocenters. The fraction of sp³-hybridized carbons (Fsp3) is 0.304. The largest absolute Gasteiger partial charge is 0.493 e. The Morgan fingerprint density at radius 3 is 2.02 bits per heavy atom. The summed E-state index contributed by atoms with van der Waals surface area (Å²) < 4.78 is 53.6. The molecule has 300 valence electrons. The van der Waals surface area contributed by atoms with Gasteiger partial charge in [-0.1, -0.05) is 98.3 Å². The molecule has 2 amide bonds. The van der Waals surface area contributed by atoms with Crippen LogP contribution in [0.4, 0.5) is 4.79 Å². The number of amides is 2. The minimum Gasteiger partial charge on any atom is -0.493 e. The highest BCUT2D eigenvalue weighted by Gasteiger charge is 2.43. The number of nitrogens with zero attached hydrogens (tertiary/aromatic N) is 1. The molecule has 2 heterocycles. The molecule has 3 aliphatic rings. The molecule has 0 spiro atoms. The average molecular weight is 802 g/mol. The minimum atomic E-state index is -4.13. The summed E-state index contributed by atoms with van der Waals surface area (Å²) in [5, 5.41) is 3.25. The summed E-state index contributed by atoms with van der Waals surface area (Å²) in [7, 11) is -1.23. The number of sulfonamides is 1. The minimum absolute atomic E-state index is 0.00480. The Morgan fingerprint density at radius 1 is 0.793 bits per heavy atom. The van der Waals surface area contributed by atoms with Gasteiger partial charge in [-0.05, 0) is 59.4 Å². The standard InChI is InChI=1S/C46H47N3O8S/c1-4-23-46(38-17-9-11-19-40(38)57-41-20-12-10-18-39(41)46)29-47-44(50)30-24-31(48-58(52,53)32-21-22-42(54-2)43(25-32)55-3)27-49(26-30)45(51)56-28-37-35-15-7-5-13-33(35)34-14-6-8-16-36(34)37/h5-22,25,30-31,37,48H,4,23-24,26-29H2,1-3H3,(H,47,50)/t30-,31+/m0/s1. The Labute approximate surface area is 339 Å². The highest BCUT2D eigenvalue weighted by atomic mass is 32.2. The Morgan fingerprint density at radius 2 is 1.40 bits per heavy atom. The first-order chi connectivity index (χ1) is 28.2. The molecule has 0 saturated carbocycles. The van der Waals surface area contributed by atoms with E-state index >= 15 is 0 Å². The van der Waals surface area contributed by atoms with Crippen LogP contribution in [0.1, 0.15) is 54.4 Å². The first kappa shape index (κ1) is 39.0. The normalized spacial score (nSPS) is 17.8. The van der Waals surface area contributed by atoms with Crippen molar-refractivity contribution in [3.8, 4) is 34.1 Å². The van der Waals surface area contributed by atoms with E-state index in [0.717, 1.165) is 57.7 Å². The molecule has 5 aromatic carbocycles. The van der Waals surface area contributed by atoms with Crippen LogP contribution >= 0.6 is 0 Å². The van der Waals surface area contributed by atoms with Gasteiger partial charge in [0.25, 0.3) is 0 Å². The Hall–Kier alpha value is -5.85. The maximum absolute atomic E-state index is 14.4. The quantitative estimate of drug-likeness (QED) is 0.132. The van der Waals surface area contributed by atoms with E-state index in [0.29, 0.717) is 5.75 Å². The number of carbonyl (C=O) groups is 2. The maximum atomic E-state index is 14.4.